The zero-order valence-corrected chi connectivity index (χ0v) is 13.0. The van der Waals surface area contributed by atoms with Gasteiger partial charge in [0.2, 0.25) is 5.91 Å². The molecular weight excluding hydrogens is 290 g/mol. The third kappa shape index (κ3) is 5.19. The van der Waals surface area contributed by atoms with E-state index in [1.807, 2.05) is 0 Å². The molecule has 116 valence electrons. The largest absolute Gasteiger partial charge is 0.397 e. The molecule has 21 heavy (non-hydrogen) atoms. The maximum atomic E-state index is 11.9. The number of amides is 1. The Kier molecular flexibility index (Phi) is 5.85. The highest BCUT2D eigenvalue weighted by Gasteiger charge is 2.16. The third-order valence-electron chi connectivity index (χ3n) is 3.49. The lowest BCUT2D eigenvalue weighted by Gasteiger charge is -2.30. The minimum atomic E-state index is -0.0368. The fourth-order valence-corrected chi connectivity index (χ4v) is 2.58. The molecule has 1 aliphatic rings. The monoisotopic (exact) mass is 311 g/mol. The quantitative estimate of drug-likeness (QED) is 0.819. The minimum absolute atomic E-state index is 0.0368. The van der Waals surface area contributed by atoms with Crippen molar-refractivity contribution in [3.63, 3.8) is 0 Å². The predicted molar refractivity (Wildman–Crippen MR) is 85.6 cm³/mol. The van der Waals surface area contributed by atoms with Crippen molar-refractivity contribution in [3.8, 4) is 0 Å². The molecule has 2 rings (SSSR count). The van der Waals surface area contributed by atoms with Crippen LogP contribution in [0.25, 0.3) is 0 Å². The second kappa shape index (κ2) is 7.64. The standard InChI is InChI=1S/C15H22ClN3O2/c1-11-10-19(7-8-21-11)6-2-3-15(20)18-14-9-12(16)4-5-13(14)17/h4-5,9,11H,2-3,6-8,10,17H2,1H3,(H,18,20). The van der Waals surface area contributed by atoms with Crippen LogP contribution in [0.1, 0.15) is 19.8 Å². The van der Waals surface area contributed by atoms with E-state index >= 15 is 0 Å². The van der Waals surface area contributed by atoms with Gasteiger partial charge in [-0.3, -0.25) is 9.69 Å². The van der Waals surface area contributed by atoms with Gasteiger partial charge in [0.15, 0.2) is 0 Å². The second-order valence-electron chi connectivity index (χ2n) is 5.37. The Morgan fingerprint density at radius 3 is 3.14 bits per heavy atom. The highest BCUT2D eigenvalue weighted by molar-refractivity contribution is 6.31. The SMILES string of the molecule is CC1CN(CCCC(=O)Nc2cc(Cl)ccc2N)CCO1. The molecular formula is C15H22ClN3O2. The third-order valence-corrected chi connectivity index (χ3v) is 3.73. The molecule has 1 amide bonds. The average molecular weight is 312 g/mol. The van der Waals surface area contributed by atoms with Gasteiger partial charge in [0.05, 0.1) is 24.1 Å². The van der Waals surface area contributed by atoms with Crippen molar-refractivity contribution in [3.05, 3.63) is 23.2 Å². The molecule has 1 fully saturated rings. The number of morpholine rings is 1. The van der Waals surface area contributed by atoms with Crippen molar-refractivity contribution in [2.24, 2.45) is 0 Å². The molecule has 0 aliphatic carbocycles. The van der Waals surface area contributed by atoms with Crippen LogP contribution in [0.5, 0.6) is 0 Å². The molecule has 6 heteroatoms. The summed E-state index contributed by atoms with van der Waals surface area (Å²) in [5.74, 6) is -0.0368. The van der Waals surface area contributed by atoms with Crippen LogP contribution in [-0.4, -0.2) is 43.2 Å². The number of carbonyl (C=O) groups excluding carboxylic acids is 1. The van der Waals surface area contributed by atoms with Crippen molar-refractivity contribution >= 4 is 28.9 Å². The number of hydrogen-bond acceptors (Lipinski definition) is 4. The van der Waals surface area contributed by atoms with Crippen LogP contribution in [0.15, 0.2) is 18.2 Å². The number of nitrogens with zero attached hydrogens (tertiary/aromatic N) is 1. The summed E-state index contributed by atoms with van der Waals surface area (Å²) in [6.45, 7) is 5.62. The second-order valence-corrected chi connectivity index (χ2v) is 5.80. The van der Waals surface area contributed by atoms with Crippen LogP contribution in [0.3, 0.4) is 0 Å². The zero-order valence-electron chi connectivity index (χ0n) is 12.3. The van der Waals surface area contributed by atoms with E-state index in [1.54, 1.807) is 18.2 Å². The van der Waals surface area contributed by atoms with Gasteiger partial charge in [0, 0.05) is 24.5 Å². The molecule has 0 aromatic heterocycles. The van der Waals surface area contributed by atoms with Gasteiger partial charge in [-0.1, -0.05) is 11.6 Å². The topological polar surface area (TPSA) is 67.6 Å². The number of benzene rings is 1. The van der Waals surface area contributed by atoms with Crippen molar-refractivity contribution in [1.82, 2.24) is 4.90 Å². The van der Waals surface area contributed by atoms with Gasteiger partial charge in [0.1, 0.15) is 0 Å². The smallest absolute Gasteiger partial charge is 0.224 e. The van der Waals surface area contributed by atoms with Crippen LogP contribution < -0.4 is 11.1 Å². The molecule has 5 nitrogen and oxygen atoms in total. The van der Waals surface area contributed by atoms with E-state index in [1.165, 1.54) is 0 Å². The number of nitrogens with one attached hydrogen (secondary N) is 1. The van der Waals surface area contributed by atoms with E-state index in [0.717, 1.165) is 32.7 Å². The van der Waals surface area contributed by atoms with Crippen LogP contribution in [0, 0.1) is 0 Å². The fraction of sp³-hybridized carbons (Fsp3) is 0.533. The van der Waals surface area contributed by atoms with E-state index in [0.29, 0.717) is 22.8 Å². The number of halogens is 1. The molecule has 1 aromatic rings. The molecule has 1 unspecified atom stereocenters. The number of ether oxygens (including phenoxy) is 1. The van der Waals surface area contributed by atoms with E-state index < -0.39 is 0 Å². The Bertz CT molecular complexity index is 496. The summed E-state index contributed by atoms with van der Waals surface area (Å²) in [4.78, 5) is 14.3. The Morgan fingerprint density at radius 1 is 1.57 bits per heavy atom. The summed E-state index contributed by atoms with van der Waals surface area (Å²) in [6.07, 6.45) is 1.57. The van der Waals surface area contributed by atoms with Gasteiger partial charge < -0.3 is 15.8 Å². The van der Waals surface area contributed by atoms with Gasteiger partial charge >= 0.3 is 0 Å². The average Bonchev–Trinajstić information content (AvgIpc) is 2.43. The van der Waals surface area contributed by atoms with E-state index in [9.17, 15) is 4.79 Å². The number of carbonyl (C=O) groups is 1. The van der Waals surface area contributed by atoms with Gasteiger partial charge in [-0.15, -0.1) is 0 Å². The van der Waals surface area contributed by atoms with Crippen molar-refractivity contribution in [1.29, 1.82) is 0 Å². The Hall–Kier alpha value is -1.30. The normalized spacial score (nSPS) is 19.4. The van der Waals surface area contributed by atoms with Gasteiger partial charge in [-0.2, -0.15) is 0 Å². The summed E-state index contributed by atoms with van der Waals surface area (Å²) in [7, 11) is 0. The molecule has 0 radical (unpaired) electrons. The molecule has 1 saturated heterocycles. The number of hydrogen-bond donors (Lipinski definition) is 2. The van der Waals surface area contributed by atoms with Crippen LogP contribution >= 0.6 is 11.6 Å². The molecule has 1 heterocycles. The Balaban J connectivity index is 1.73. The van der Waals surface area contributed by atoms with E-state index in [4.69, 9.17) is 22.1 Å². The maximum absolute atomic E-state index is 11.9. The summed E-state index contributed by atoms with van der Waals surface area (Å²) in [6, 6.07) is 5.05. The summed E-state index contributed by atoms with van der Waals surface area (Å²) in [5.41, 5.74) is 6.90. The maximum Gasteiger partial charge on any atom is 0.224 e. The van der Waals surface area contributed by atoms with Crippen LogP contribution in [0.2, 0.25) is 5.02 Å². The first-order chi connectivity index (χ1) is 10.0. The summed E-state index contributed by atoms with van der Waals surface area (Å²) < 4.78 is 5.49. The molecule has 0 saturated carbocycles. The lowest BCUT2D eigenvalue weighted by atomic mass is 10.2. The zero-order chi connectivity index (χ0) is 15.2. The lowest BCUT2D eigenvalue weighted by molar-refractivity contribution is -0.116. The molecule has 0 bridgehead atoms. The molecule has 1 aromatic carbocycles. The van der Waals surface area contributed by atoms with Gasteiger partial charge in [-0.05, 0) is 38.1 Å². The molecule has 1 atom stereocenters. The fourth-order valence-electron chi connectivity index (χ4n) is 2.41. The number of nitrogens with two attached hydrogens (primary N) is 1. The lowest BCUT2D eigenvalue weighted by Crippen LogP contribution is -2.41. The number of rotatable bonds is 5. The van der Waals surface area contributed by atoms with Gasteiger partial charge in [0.25, 0.3) is 0 Å². The van der Waals surface area contributed by atoms with Crippen LogP contribution in [-0.2, 0) is 9.53 Å². The first-order valence-corrected chi connectivity index (χ1v) is 7.61. The molecule has 1 aliphatic heterocycles. The first-order valence-electron chi connectivity index (χ1n) is 7.23. The highest BCUT2D eigenvalue weighted by Crippen LogP contribution is 2.23. The van der Waals surface area contributed by atoms with Crippen molar-refractivity contribution in [2.45, 2.75) is 25.9 Å². The summed E-state index contributed by atoms with van der Waals surface area (Å²) in [5, 5.41) is 3.36. The number of anilines is 2. The van der Waals surface area contributed by atoms with Gasteiger partial charge in [-0.25, -0.2) is 0 Å². The van der Waals surface area contributed by atoms with Crippen molar-refractivity contribution in [2.75, 3.05) is 37.3 Å². The number of nitrogen functional groups attached to an aromatic ring is 1. The highest BCUT2D eigenvalue weighted by atomic mass is 35.5. The van der Waals surface area contributed by atoms with E-state index in [2.05, 4.69) is 17.1 Å². The first kappa shape index (κ1) is 16.1. The van der Waals surface area contributed by atoms with Crippen molar-refractivity contribution < 1.29 is 9.53 Å². The predicted octanol–water partition coefficient (Wildman–Crippen LogP) is 2.36. The molecule has 0 spiro atoms. The van der Waals surface area contributed by atoms with E-state index in [-0.39, 0.29) is 12.0 Å². The Morgan fingerprint density at radius 2 is 2.38 bits per heavy atom. The van der Waals surface area contributed by atoms with Crippen LogP contribution in [0.4, 0.5) is 11.4 Å². The summed E-state index contributed by atoms with van der Waals surface area (Å²) >= 11 is 5.89. The molecule has 3 N–H and O–H groups in total. The minimum Gasteiger partial charge on any atom is -0.397 e. The Labute approximate surface area is 130 Å².